The summed E-state index contributed by atoms with van der Waals surface area (Å²) in [6.07, 6.45) is 0. The number of nitrogens with one attached hydrogen (secondary N) is 2. The topological polar surface area (TPSA) is 67.1 Å². The largest absolute Gasteiger partial charge is 0.326 e. The van der Waals surface area contributed by atoms with E-state index in [9.17, 15) is 18.0 Å². The smallest absolute Gasteiger partial charge is 0.323 e. The quantitative estimate of drug-likeness (QED) is 0.761. The molecule has 0 fully saturated rings. The van der Waals surface area contributed by atoms with Crippen LogP contribution in [0.4, 0.5) is 29.3 Å². The molecule has 0 aliphatic heterocycles. The van der Waals surface area contributed by atoms with Gasteiger partial charge in [-0.2, -0.15) is 0 Å². The molecule has 2 aromatic rings. The predicted molar refractivity (Wildman–Crippen MR) is 73.3 cm³/mol. The number of carbonyl (C=O) groups excluding carboxylic acids is 1. The molecule has 0 bridgehead atoms. The van der Waals surface area contributed by atoms with Gasteiger partial charge in [0.1, 0.15) is 5.82 Å². The maximum atomic E-state index is 13.4. The minimum absolute atomic E-state index is 0.293. The molecular weight excluding hydrogens is 283 g/mol. The van der Waals surface area contributed by atoms with Gasteiger partial charge in [-0.3, -0.25) is 0 Å². The molecule has 2 rings (SSSR count). The lowest BCUT2D eigenvalue weighted by atomic mass is 10.2. The number of hydrogen-bond acceptors (Lipinski definition) is 2. The fourth-order valence-corrected chi connectivity index (χ4v) is 1.71. The minimum Gasteiger partial charge on any atom is -0.326 e. The van der Waals surface area contributed by atoms with E-state index in [1.807, 2.05) is 5.32 Å². The summed E-state index contributed by atoms with van der Waals surface area (Å²) >= 11 is 0. The fraction of sp³-hybridized carbons (Fsp3) is 0.0714. The minimum atomic E-state index is -1.38. The summed E-state index contributed by atoms with van der Waals surface area (Å²) < 4.78 is 39.4. The van der Waals surface area contributed by atoms with Crippen molar-refractivity contribution in [2.45, 2.75) is 6.54 Å². The van der Waals surface area contributed by atoms with Crippen LogP contribution in [0.1, 0.15) is 5.56 Å². The molecule has 0 saturated carbocycles. The number of halogens is 3. The van der Waals surface area contributed by atoms with E-state index >= 15 is 0 Å². The van der Waals surface area contributed by atoms with Gasteiger partial charge >= 0.3 is 6.03 Å². The second-order valence-electron chi connectivity index (χ2n) is 4.23. The monoisotopic (exact) mass is 295 g/mol. The van der Waals surface area contributed by atoms with E-state index in [-0.39, 0.29) is 0 Å². The van der Waals surface area contributed by atoms with Gasteiger partial charge < -0.3 is 16.4 Å². The maximum absolute atomic E-state index is 13.4. The number of nitrogens with two attached hydrogens (primary N) is 1. The molecule has 4 nitrogen and oxygen atoms in total. The summed E-state index contributed by atoms with van der Waals surface area (Å²) in [6.45, 7) is 0.293. The molecule has 0 radical (unpaired) electrons. The summed E-state index contributed by atoms with van der Waals surface area (Å²) in [5.74, 6) is -3.70. The van der Waals surface area contributed by atoms with Crippen LogP contribution < -0.4 is 16.4 Å². The number of urea groups is 1. The number of carbonyl (C=O) groups is 1. The third-order valence-corrected chi connectivity index (χ3v) is 2.66. The van der Waals surface area contributed by atoms with Gasteiger partial charge in [0.2, 0.25) is 0 Å². The van der Waals surface area contributed by atoms with E-state index in [2.05, 4.69) is 5.32 Å². The highest BCUT2D eigenvalue weighted by Gasteiger charge is 2.13. The van der Waals surface area contributed by atoms with Crippen molar-refractivity contribution in [3.8, 4) is 0 Å². The molecule has 2 amide bonds. The van der Waals surface area contributed by atoms with E-state index < -0.39 is 29.2 Å². The summed E-state index contributed by atoms with van der Waals surface area (Å²) in [5, 5.41) is 4.46. The van der Waals surface area contributed by atoms with Crippen LogP contribution in [0.15, 0.2) is 36.4 Å². The van der Waals surface area contributed by atoms with Crippen molar-refractivity contribution < 1.29 is 18.0 Å². The number of benzene rings is 2. The molecule has 110 valence electrons. The normalized spacial score (nSPS) is 10.3. The summed E-state index contributed by atoms with van der Waals surface area (Å²) in [6, 6.07) is 6.93. The van der Waals surface area contributed by atoms with Crippen LogP contribution in [0.5, 0.6) is 0 Å². The van der Waals surface area contributed by atoms with Gasteiger partial charge in [0, 0.05) is 24.4 Å². The first-order chi connectivity index (χ1) is 9.99. The Hall–Kier alpha value is -2.54. The Balaban J connectivity index is 2.11. The van der Waals surface area contributed by atoms with E-state index in [0.29, 0.717) is 24.4 Å². The van der Waals surface area contributed by atoms with Gasteiger partial charge in [0.25, 0.3) is 0 Å². The molecule has 0 aliphatic carbocycles. The number of amides is 2. The third-order valence-electron chi connectivity index (χ3n) is 2.66. The molecule has 4 N–H and O–H groups in total. The molecular formula is C14H12F3N3O. The number of anilines is 2. The van der Waals surface area contributed by atoms with E-state index in [0.717, 1.165) is 5.56 Å². The molecule has 0 aliphatic rings. The molecule has 21 heavy (non-hydrogen) atoms. The van der Waals surface area contributed by atoms with Crippen molar-refractivity contribution >= 4 is 17.4 Å². The van der Waals surface area contributed by atoms with Gasteiger partial charge in [-0.05, 0) is 17.7 Å². The maximum Gasteiger partial charge on any atom is 0.323 e. The molecule has 0 atom stereocenters. The molecule has 2 aromatic carbocycles. The SMILES string of the molecule is NCc1cccc(NC(=O)Nc2cc(F)cc(F)c2F)c1. The van der Waals surface area contributed by atoms with Crippen molar-refractivity contribution in [3.63, 3.8) is 0 Å². The van der Waals surface area contributed by atoms with Crippen LogP contribution in [0, 0.1) is 17.5 Å². The van der Waals surface area contributed by atoms with Crippen molar-refractivity contribution in [2.24, 2.45) is 5.73 Å². The Morgan fingerprint density at radius 1 is 1.10 bits per heavy atom. The van der Waals surface area contributed by atoms with Crippen molar-refractivity contribution in [3.05, 3.63) is 59.4 Å². The van der Waals surface area contributed by atoms with E-state index in [1.165, 1.54) is 0 Å². The molecule has 0 heterocycles. The summed E-state index contributed by atoms with van der Waals surface area (Å²) in [5.41, 5.74) is 6.09. The highest BCUT2D eigenvalue weighted by Crippen LogP contribution is 2.19. The standard InChI is InChI=1S/C14H12F3N3O/c15-9-5-11(16)13(17)12(6-9)20-14(21)19-10-3-1-2-8(4-10)7-18/h1-6H,7,18H2,(H2,19,20,21). The zero-order valence-corrected chi connectivity index (χ0v) is 10.8. The molecule has 0 aromatic heterocycles. The van der Waals surface area contributed by atoms with Crippen LogP contribution in [-0.4, -0.2) is 6.03 Å². The molecule has 7 heteroatoms. The van der Waals surface area contributed by atoms with Gasteiger partial charge in [-0.25, -0.2) is 18.0 Å². The Kier molecular flexibility index (Phi) is 4.44. The highest BCUT2D eigenvalue weighted by molar-refractivity contribution is 5.99. The Bertz CT molecular complexity index is 677. The van der Waals surface area contributed by atoms with E-state index in [4.69, 9.17) is 5.73 Å². The second-order valence-corrected chi connectivity index (χ2v) is 4.23. The van der Waals surface area contributed by atoms with Crippen LogP contribution in [0.3, 0.4) is 0 Å². The van der Waals surface area contributed by atoms with Crippen LogP contribution in [-0.2, 0) is 6.54 Å². The Morgan fingerprint density at radius 3 is 2.57 bits per heavy atom. The Morgan fingerprint density at radius 2 is 1.86 bits per heavy atom. The van der Waals surface area contributed by atoms with Crippen molar-refractivity contribution in [1.82, 2.24) is 0 Å². The average Bonchev–Trinajstić information content (AvgIpc) is 2.44. The molecule has 0 saturated heterocycles. The van der Waals surface area contributed by atoms with E-state index in [1.54, 1.807) is 24.3 Å². The van der Waals surface area contributed by atoms with Gasteiger partial charge in [-0.15, -0.1) is 0 Å². The van der Waals surface area contributed by atoms with Gasteiger partial charge in [0.05, 0.1) is 5.69 Å². The second kappa shape index (κ2) is 6.27. The lowest BCUT2D eigenvalue weighted by Gasteiger charge is -2.09. The van der Waals surface area contributed by atoms with Crippen LogP contribution in [0.25, 0.3) is 0 Å². The lowest BCUT2D eigenvalue weighted by Crippen LogP contribution is -2.20. The zero-order valence-electron chi connectivity index (χ0n) is 10.8. The Labute approximate surface area is 118 Å². The van der Waals surface area contributed by atoms with Crippen molar-refractivity contribution in [2.75, 3.05) is 10.6 Å². The van der Waals surface area contributed by atoms with Crippen LogP contribution in [0.2, 0.25) is 0 Å². The molecule has 0 spiro atoms. The first-order valence-corrected chi connectivity index (χ1v) is 6.01. The average molecular weight is 295 g/mol. The first kappa shape index (κ1) is 14.9. The molecule has 0 unspecified atom stereocenters. The van der Waals surface area contributed by atoms with Crippen LogP contribution >= 0.6 is 0 Å². The lowest BCUT2D eigenvalue weighted by molar-refractivity contribution is 0.262. The number of rotatable bonds is 3. The zero-order chi connectivity index (χ0) is 15.4. The summed E-state index contributed by atoms with van der Waals surface area (Å²) in [7, 11) is 0. The third kappa shape index (κ3) is 3.73. The predicted octanol–water partition coefficient (Wildman–Crippen LogP) is 3.21. The fourth-order valence-electron chi connectivity index (χ4n) is 1.71. The first-order valence-electron chi connectivity index (χ1n) is 6.01. The number of hydrogen-bond donors (Lipinski definition) is 3. The highest BCUT2D eigenvalue weighted by atomic mass is 19.2. The summed E-state index contributed by atoms with van der Waals surface area (Å²) in [4.78, 5) is 11.7. The van der Waals surface area contributed by atoms with Gasteiger partial charge in [-0.1, -0.05) is 12.1 Å². The van der Waals surface area contributed by atoms with Gasteiger partial charge in [0.15, 0.2) is 11.6 Å². The van der Waals surface area contributed by atoms with Crippen molar-refractivity contribution in [1.29, 1.82) is 0 Å².